The van der Waals surface area contributed by atoms with Crippen LogP contribution in [0.15, 0.2) is 29.5 Å². The van der Waals surface area contributed by atoms with Gasteiger partial charge in [0.05, 0.1) is 6.20 Å². The van der Waals surface area contributed by atoms with Crippen LogP contribution >= 0.6 is 0 Å². The van der Waals surface area contributed by atoms with Crippen molar-refractivity contribution in [3.05, 3.63) is 35.0 Å². The van der Waals surface area contributed by atoms with E-state index in [4.69, 9.17) is 7.85 Å². The molecule has 0 saturated carbocycles. The van der Waals surface area contributed by atoms with E-state index >= 15 is 0 Å². The number of rotatable bonds is 3. The summed E-state index contributed by atoms with van der Waals surface area (Å²) >= 11 is 0. The van der Waals surface area contributed by atoms with Gasteiger partial charge in [-0.15, -0.1) is 0 Å². The topological polar surface area (TPSA) is 39.8 Å². The van der Waals surface area contributed by atoms with Gasteiger partial charge in [0.2, 0.25) is 5.56 Å². The van der Waals surface area contributed by atoms with E-state index in [1.54, 1.807) is 21.5 Å². The highest BCUT2D eigenvalue weighted by Gasteiger charge is 2.07. The first-order valence-electron chi connectivity index (χ1n) is 5.96. The van der Waals surface area contributed by atoms with E-state index in [1.165, 1.54) is 0 Å². The van der Waals surface area contributed by atoms with E-state index in [1.807, 2.05) is 19.4 Å². The van der Waals surface area contributed by atoms with E-state index in [0.29, 0.717) is 12.5 Å². The lowest BCUT2D eigenvalue weighted by atomic mass is 9.95. The molecule has 2 radical (unpaired) electrons. The standard InChI is InChI=1S/C13H16BN3O/c1-9(2)6-17-8-10(4-12(14)13(17)18)11-5-15-16(3)7-11/h4-5,7-9H,6H2,1-3H3. The summed E-state index contributed by atoms with van der Waals surface area (Å²) in [6.07, 6.45) is 5.51. The Labute approximate surface area is 108 Å². The van der Waals surface area contributed by atoms with Gasteiger partial charge in [-0.25, -0.2) is 0 Å². The second kappa shape index (κ2) is 4.84. The van der Waals surface area contributed by atoms with Crippen molar-refractivity contribution in [2.75, 3.05) is 0 Å². The number of hydrogen-bond acceptors (Lipinski definition) is 2. The van der Waals surface area contributed by atoms with Gasteiger partial charge in [0.1, 0.15) is 7.85 Å². The summed E-state index contributed by atoms with van der Waals surface area (Å²) < 4.78 is 3.39. The maximum absolute atomic E-state index is 11.9. The maximum atomic E-state index is 11.9. The predicted molar refractivity (Wildman–Crippen MR) is 73.1 cm³/mol. The van der Waals surface area contributed by atoms with Crippen molar-refractivity contribution < 1.29 is 0 Å². The molecule has 0 spiro atoms. The average molecular weight is 241 g/mol. The summed E-state index contributed by atoms with van der Waals surface area (Å²) in [6.45, 7) is 4.80. The molecule has 0 saturated heterocycles. The first-order chi connectivity index (χ1) is 8.47. The van der Waals surface area contributed by atoms with E-state index in [0.717, 1.165) is 11.1 Å². The highest BCUT2D eigenvalue weighted by molar-refractivity contribution is 6.32. The lowest BCUT2D eigenvalue weighted by Crippen LogP contribution is -2.35. The van der Waals surface area contributed by atoms with Gasteiger partial charge in [0, 0.05) is 37.1 Å². The molecule has 0 bridgehead atoms. The molecule has 5 heteroatoms. The Morgan fingerprint density at radius 2 is 2.06 bits per heavy atom. The Morgan fingerprint density at radius 1 is 1.33 bits per heavy atom. The zero-order valence-electron chi connectivity index (χ0n) is 10.9. The van der Waals surface area contributed by atoms with E-state index < -0.39 is 0 Å². The Bertz CT molecular complexity index is 613. The van der Waals surface area contributed by atoms with Crippen molar-refractivity contribution in [1.29, 1.82) is 0 Å². The van der Waals surface area contributed by atoms with Gasteiger partial charge in [-0.05, 0) is 11.4 Å². The molecule has 0 unspecified atom stereocenters. The number of aromatic nitrogens is 3. The number of nitrogens with zero attached hydrogens (tertiary/aromatic N) is 3. The first-order valence-corrected chi connectivity index (χ1v) is 5.96. The van der Waals surface area contributed by atoms with E-state index in [-0.39, 0.29) is 11.0 Å². The zero-order valence-corrected chi connectivity index (χ0v) is 10.9. The van der Waals surface area contributed by atoms with Crippen LogP contribution in [0.4, 0.5) is 0 Å². The fraction of sp³-hybridized carbons (Fsp3) is 0.385. The molecule has 2 rings (SSSR count). The minimum atomic E-state index is -0.128. The molecule has 0 aliphatic rings. The van der Waals surface area contributed by atoms with Crippen LogP contribution in [0.3, 0.4) is 0 Å². The fourth-order valence-electron chi connectivity index (χ4n) is 1.92. The lowest BCUT2D eigenvalue weighted by Gasteiger charge is -2.11. The quantitative estimate of drug-likeness (QED) is 0.742. The van der Waals surface area contributed by atoms with Crippen LogP contribution in [0.5, 0.6) is 0 Å². The van der Waals surface area contributed by atoms with Crippen molar-refractivity contribution >= 4 is 13.3 Å². The Morgan fingerprint density at radius 3 is 2.61 bits per heavy atom. The Hall–Kier alpha value is -1.78. The SMILES string of the molecule is [B]c1cc(-c2cnn(C)c2)cn(CC(C)C)c1=O. The number of pyridine rings is 1. The smallest absolute Gasteiger partial charge is 0.243 e. The molecule has 18 heavy (non-hydrogen) atoms. The van der Waals surface area contributed by atoms with Crippen LogP contribution in [0.25, 0.3) is 11.1 Å². The van der Waals surface area contributed by atoms with Gasteiger partial charge in [-0.3, -0.25) is 9.48 Å². The normalized spacial score (nSPS) is 11.1. The first kappa shape index (κ1) is 12.7. The molecule has 2 aromatic rings. The monoisotopic (exact) mass is 241 g/mol. The maximum Gasteiger partial charge on any atom is 0.243 e. The van der Waals surface area contributed by atoms with Crippen molar-refractivity contribution in [1.82, 2.24) is 14.3 Å². The van der Waals surface area contributed by atoms with Gasteiger partial charge >= 0.3 is 0 Å². The van der Waals surface area contributed by atoms with E-state index in [9.17, 15) is 4.79 Å². The van der Waals surface area contributed by atoms with Gasteiger partial charge in [0.15, 0.2) is 0 Å². The van der Waals surface area contributed by atoms with Crippen LogP contribution in [-0.4, -0.2) is 22.2 Å². The third-order valence-corrected chi connectivity index (χ3v) is 2.71. The second-order valence-corrected chi connectivity index (χ2v) is 4.94. The lowest BCUT2D eigenvalue weighted by molar-refractivity contribution is 0.513. The second-order valence-electron chi connectivity index (χ2n) is 4.94. The summed E-state index contributed by atoms with van der Waals surface area (Å²) in [4.78, 5) is 11.9. The third-order valence-electron chi connectivity index (χ3n) is 2.71. The van der Waals surface area contributed by atoms with Crippen LogP contribution in [0, 0.1) is 5.92 Å². The molecule has 2 heterocycles. The van der Waals surface area contributed by atoms with Gasteiger partial charge in [-0.1, -0.05) is 19.9 Å². The average Bonchev–Trinajstić information content (AvgIpc) is 2.70. The summed E-state index contributed by atoms with van der Waals surface area (Å²) in [6, 6.07) is 1.70. The largest absolute Gasteiger partial charge is 0.315 e. The van der Waals surface area contributed by atoms with Crippen molar-refractivity contribution in [3.63, 3.8) is 0 Å². The Kier molecular flexibility index (Phi) is 3.41. The molecule has 0 atom stereocenters. The predicted octanol–water partition coefficient (Wildman–Crippen LogP) is 0.699. The summed E-state index contributed by atoms with van der Waals surface area (Å²) in [7, 11) is 7.64. The van der Waals surface area contributed by atoms with Crippen LogP contribution in [0.1, 0.15) is 13.8 Å². The highest BCUT2D eigenvalue weighted by atomic mass is 16.1. The minimum absolute atomic E-state index is 0.128. The summed E-state index contributed by atoms with van der Waals surface area (Å²) in [5, 5.41) is 4.12. The molecular weight excluding hydrogens is 225 g/mol. The van der Waals surface area contributed by atoms with Crippen molar-refractivity contribution in [2.24, 2.45) is 13.0 Å². The van der Waals surface area contributed by atoms with Gasteiger partial charge < -0.3 is 4.57 Å². The molecule has 0 aliphatic carbocycles. The van der Waals surface area contributed by atoms with Crippen molar-refractivity contribution in [3.8, 4) is 11.1 Å². The molecule has 0 aliphatic heterocycles. The van der Waals surface area contributed by atoms with Crippen molar-refractivity contribution in [2.45, 2.75) is 20.4 Å². The Balaban J connectivity index is 2.50. The van der Waals surface area contributed by atoms with Gasteiger partial charge in [0.25, 0.3) is 0 Å². The molecule has 0 aromatic carbocycles. The molecule has 0 N–H and O–H groups in total. The van der Waals surface area contributed by atoms with Crippen LogP contribution in [-0.2, 0) is 13.6 Å². The zero-order chi connectivity index (χ0) is 13.3. The highest BCUT2D eigenvalue weighted by Crippen LogP contribution is 2.15. The summed E-state index contributed by atoms with van der Waals surface area (Å²) in [5.74, 6) is 0.395. The fourth-order valence-corrected chi connectivity index (χ4v) is 1.92. The van der Waals surface area contributed by atoms with Crippen LogP contribution in [0.2, 0.25) is 0 Å². The molecule has 0 fully saturated rings. The molecule has 0 amide bonds. The van der Waals surface area contributed by atoms with E-state index in [2.05, 4.69) is 18.9 Å². The number of aryl methyl sites for hydroxylation is 1. The molecule has 2 aromatic heterocycles. The summed E-state index contributed by atoms with van der Waals surface area (Å²) in [5.41, 5.74) is 2.02. The van der Waals surface area contributed by atoms with Crippen LogP contribution < -0.4 is 11.0 Å². The number of hydrogen-bond donors (Lipinski definition) is 0. The molecule has 4 nitrogen and oxygen atoms in total. The van der Waals surface area contributed by atoms with Gasteiger partial charge in [-0.2, -0.15) is 5.10 Å². The third kappa shape index (κ3) is 2.55. The molecular formula is C13H16BN3O. The molecule has 92 valence electrons. The minimum Gasteiger partial charge on any atom is -0.315 e.